The van der Waals surface area contributed by atoms with E-state index in [-0.39, 0.29) is 10.3 Å². The number of fused-ring (bicyclic) bond motifs is 1. The highest BCUT2D eigenvalue weighted by Gasteiger charge is 2.28. The van der Waals surface area contributed by atoms with Crippen LogP contribution in [0.15, 0.2) is 71.6 Å². The molecule has 4 heteroatoms. The van der Waals surface area contributed by atoms with Gasteiger partial charge in [-0.1, -0.05) is 47.7 Å². The monoisotopic (exact) mass is 440 g/mol. The number of ether oxygens (including phenoxy) is 1. The number of hydrogen-bond acceptors (Lipinski definition) is 3. The summed E-state index contributed by atoms with van der Waals surface area (Å²) < 4.78 is 5.62. The van der Waals surface area contributed by atoms with Gasteiger partial charge < -0.3 is 9.84 Å². The van der Waals surface area contributed by atoms with Crippen LogP contribution in [0.1, 0.15) is 52.0 Å². The average Bonchev–Trinajstić information content (AvgIpc) is 2.77. The molecule has 0 aromatic heterocycles. The molecule has 1 heterocycles. The fourth-order valence-corrected chi connectivity index (χ4v) is 4.86. The predicted octanol–water partition coefficient (Wildman–Crippen LogP) is 6.42. The molecule has 1 aliphatic heterocycles. The van der Waals surface area contributed by atoms with Crippen molar-refractivity contribution in [3.63, 3.8) is 0 Å². The summed E-state index contributed by atoms with van der Waals surface area (Å²) >= 11 is 1.81. The van der Waals surface area contributed by atoms with Gasteiger partial charge in [-0.15, -0.1) is 11.8 Å². The molecule has 1 N–H and O–H groups in total. The molecule has 0 fully saturated rings. The second kappa shape index (κ2) is 8.61. The fraction of sp³-hybridized carbons (Fsp3) is 0.179. The third kappa shape index (κ3) is 4.59. The molecule has 160 valence electrons. The van der Waals surface area contributed by atoms with Crippen LogP contribution in [0.3, 0.4) is 0 Å². The molecule has 0 amide bonds. The topological polar surface area (TPSA) is 46.5 Å². The van der Waals surface area contributed by atoms with Crippen LogP contribution in [0.5, 0.6) is 5.75 Å². The molecule has 3 aromatic carbocycles. The number of thioether (sulfide) groups is 1. The van der Waals surface area contributed by atoms with Crippen molar-refractivity contribution in [3.05, 3.63) is 100 Å². The number of carbonyl (C=O) groups is 1. The first-order valence-electron chi connectivity index (χ1n) is 10.3. The van der Waals surface area contributed by atoms with E-state index in [1.165, 1.54) is 21.6 Å². The lowest BCUT2D eigenvalue weighted by molar-refractivity contribution is 0.0697. The van der Waals surface area contributed by atoms with Gasteiger partial charge in [0.1, 0.15) is 5.75 Å². The standard InChI is InChI=1S/C28H24O3S/c1-18-5-10-20(11-6-18)24-17-28(2,3)32-26-16-25(31-4)22(15-23(24)26)14-9-19-7-12-21(13-8-19)27(29)30/h5-8,10-13,15-17H,1-4H3,(H,29,30). The predicted molar refractivity (Wildman–Crippen MR) is 131 cm³/mol. The molecule has 1 aliphatic rings. The lowest BCUT2D eigenvalue weighted by atomic mass is 9.92. The van der Waals surface area contributed by atoms with Crippen molar-refractivity contribution in [2.75, 3.05) is 7.11 Å². The molecule has 0 radical (unpaired) electrons. The first kappa shape index (κ1) is 21.8. The highest BCUT2D eigenvalue weighted by atomic mass is 32.2. The minimum atomic E-state index is -0.947. The first-order chi connectivity index (χ1) is 15.3. The van der Waals surface area contributed by atoms with Crippen LogP contribution in [-0.4, -0.2) is 22.9 Å². The summed E-state index contributed by atoms with van der Waals surface area (Å²) in [6.45, 7) is 6.53. The van der Waals surface area contributed by atoms with E-state index in [1.807, 2.05) is 11.8 Å². The molecule has 0 unspecified atom stereocenters. The van der Waals surface area contributed by atoms with Crippen LogP contribution in [0, 0.1) is 18.8 Å². The van der Waals surface area contributed by atoms with Crippen molar-refractivity contribution in [1.82, 2.24) is 0 Å². The van der Waals surface area contributed by atoms with Crippen molar-refractivity contribution in [1.29, 1.82) is 0 Å². The van der Waals surface area contributed by atoms with Crippen molar-refractivity contribution in [3.8, 4) is 17.6 Å². The zero-order chi connectivity index (χ0) is 22.9. The number of carboxylic acid groups (broad SMARTS) is 1. The number of rotatable bonds is 3. The van der Waals surface area contributed by atoms with Crippen molar-refractivity contribution in [2.45, 2.75) is 30.4 Å². The lowest BCUT2D eigenvalue weighted by Crippen LogP contribution is -2.16. The summed E-state index contributed by atoms with van der Waals surface area (Å²) in [5.74, 6) is 6.14. The van der Waals surface area contributed by atoms with Gasteiger partial charge >= 0.3 is 5.97 Å². The maximum absolute atomic E-state index is 11.1. The number of methoxy groups -OCH3 is 1. The van der Waals surface area contributed by atoms with Gasteiger partial charge in [-0.25, -0.2) is 4.79 Å². The van der Waals surface area contributed by atoms with Gasteiger partial charge in [-0.05, 0) is 73.9 Å². The molecular formula is C28H24O3S. The smallest absolute Gasteiger partial charge is 0.335 e. The van der Waals surface area contributed by atoms with Crippen LogP contribution in [0.2, 0.25) is 0 Å². The summed E-state index contributed by atoms with van der Waals surface area (Å²) in [4.78, 5) is 12.2. The third-order valence-corrected chi connectivity index (χ3v) is 6.49. The first-order valence-corrected chi connectivity index (χ1v) is 11.1. The van der Waals surface area contributed by atoms with E-state index in [1.54, 1.807) is 31.4 Å². The zero-order valence-corrected chi connectivity index (χ0v) is 19.3. The summed E-state index contributed by atoms with van der Waals surface area (Å²) in [7, 11) is 1.66. The van der Waals surface area contributed by atoms with Crippen LogP contribution >= 0.6 is 11.8 Å². The SMILES string of the molecule is COc1cc2c(cc1C#Cc1ccc(C(=O)O)cc1)C(c1ccc(C)cc1)=CC(C)(C)S2. The molecule has 0 saturated heterocycles. The highest BCUT2D eigenvalue weighted by Crippen LogP contribution is 2.47. The maximum Gasteiger partial charge on any atom is 0.335 e. The lowest BCUT2D eigenvalue weighted by Gasteiger charge is -2.30. The Morgan fingerprint density at radius 3 is 2.31 bits per heavy atom. The van der Waals surface area contributed by atoms with Gasteiger partial charge in [-0.3, -0.25) is 0 Å². The summed E-state index contributed by atoms with van der Waals surface area (Å²) in [6, 6.07) is 19.3. The van der Waals surface area contributed by atoms with E-state index < -0.39 is 5.97 Å². The Kier molecular flexibility index (Phi) is 5.86. The van der Waals surface area contributed by atoms with E-state index in [0.29, 0.717) is 0 Å². The molecule has 0 aliphatic carbocycles. The quantitative estimate of drug-likeness (QED) is 0.478. The van der Waals surface area contributed by atoms with E-state index in [0.717, 1.165) is 22.4 Å². The number of benzene rings is 3. The molecule has 3 aromatic rings. The minimum absolute atomic E-state index is 0.0443. The Morgan fingerprint density at radius 2 is 1.69 bits per heavy atom. The number of carboxylic acids is 1. The number of aryl methyl sites for hydroxylation is 1. The van der Waals surface area contributed by atoms with Crippen LogP contribution < -0.4 is 4.74 Å². The Balaban J connectivity index is 1.79. The zero-order valence-electron chi connectivity index (χ0n) is 18.5. The summed E-state index contributed by atoms with van der Waals surface area (Å²) in [5.41, 5.74) is 6.54. The van der Waals surface area contributed by atoms with Crippen LogP contribution in [0.25, 0.3) is 5.57 Å². The highest BCUT2D eigenvalue weighted by molar-refractivity contribution is 8.01. The van der Waals surface area contributed by atoms with Gasteiger partial charge in [-0.2, -0.15) is 0 Å². The van der Waals surface area contributed by atoms with Gasteiger partial charge in [0, 0.05) is 15.2 Å². The third-order valence-electron chi connectivity index (χ3n) is 5.29. The van der Waals surface area contributed by atoms with Crippen LogP contribution in [0.4, 0.5) is 0 Å². The normalized spacial score (nSPS) is 13.9. The summed E-state index contributed by atoms with van der Waals surface area (Å²) in [5, 5.41) is 9.08. The summed E-state index contributed by atoms with van der Waals surface area (Å²) in [6.07, 6.45) is 2.32. The maximum atomic E-state index is 11.1. The Morgan fingerprint density at radius 1 is 1.00 bits per heavy atom. The van der Waals surface area contributed by atoms with Gasteiger partial charge in [0.2, 0.25) is 0 Å². The fourth-order valence-electron chi connectivity index (χ4n) is 3.67. The van der Waals surface area contributed by atoms with Gasteiger partial charge in [0.05, 0.1) is 18.2 Å². The second-order valence-electron chi connectivity index (χ2n) is 8.31. The molecule has 4 rings (SSSR count). The van der Waals surface area contributed by atoms with Crippen molar-refractivity contribution in [2.24, 2.45) is 0 Å². The largest absolute Gasteiger partial charge is 0.495 e. The van der Waals surface area contributed by atoms with Gasteiger partial charge in [0.25, 0.3) is 0 Å². The molecule has 0 atom stereocenters. The molecular weight excluding hydrogens is 416 g/mol. The Hall–Kier alpha value is -3.42. The molecule has 0 saturated carbocycles. The van der Waals surface area contributed by atoms with Crippen molar-refractivity contribution < 1.29 is 14.6 Å². The van der Waals surface area contributed by atoms with E-state index in [2.05, 4.69) is 75.1 Å². The van der Waals surface area contributed by atoms with Crippen LogP contribution in [-0.2, 0) is 0 Å². The minimum Gasteiger partial charge on any atom is -0.495 e. The van der Waals surface area contributed by atoms with E-state index in [9.17, 15) is 4.79 Å². The van der Waals surface area contributed by atoms with Crippen molar-refractivity contribution >= 4 is 23.3 Å². The molecule has 0 bridgehead atoms. The average molecular weight is 441 g/mol. The second-order valence-corrected chi connectivity index (χ2v) is 10.0. The van der Waals surface area contributed by atoms with E-state index in [4.69, 9.17) is 9.84 Å². The Labute approximate surface area is 193 Å². The Bertz CT molecular complexity index is 1270. The van der Waals surface area contributed by atoms with Gasteiger partial charge in [0.15, 0.2) is 0 Å². The molecule has 0 spiro atoms. The number of hydrogen-bond donors (Lipinski definition) is 1. The number of aromatic carboxylic acids is 1. The molecule has 32 heavy (non-hydrogen) atoms. The molecule has 3 nitrogen and oxygen atoms in total. The van der Waals surface area contributed by atoms with E-state index >= 15 is 0 Å².